The molecule has 5 aromatic carbocycles. The average molecular weight is 851 g/mol. The minimum absolute atomic E-state index is 0.0513. The number of hydrogen-bond donors (Lipinski definition) is 2. The van der Waals surface area contributed by atoms with Crippen molar-refractivity contribution in [1.82, 2.24) is 0 Å². The number of aliphatic hydroxyl groups is 2. The van der Waals surface area contributed by atoms with Crippen LogP contribution in [0.4, 0.5) is 0 Å². The highest BCUT2D eigenvalue weighted by molar-refractivity contribution is 6.08. The molecule has 0 aromatic heterocycles. The SMILES string of the molecule is C=CC(=O)OCC(O)COCCCCOc1ccc(C(=O)Oc2ccc3c(ccc4cc(OC(=O)c5ccc(OCCCCOCC(O)COC(=O)C=C)cc5)ccc43)c2)cc1. The van der Waals surface area contributed by atoms with Crippen molar-refractivity contribution in [3.8, 4) is 23.0 Å². The fraction of sp³-hybridized carbons (Fsp3) is 0.292. The second-order valence-electron chi connectivity index (χ2n) is 13.9. The monoisotopic (exact) mass is 850 g/mol. The minimum atomic E-state index is -0.906. The molecule has 0 aliphatic rings. The summed E-state index contributed by atoms with van der Waals surface area (Å²) >= 11 is 0. The predicted molar refractivity (Wildman–Crippen MR) is 230 cm³/mol. The molecule has 5 aromatic rings. The van der Waals surface area contributed by atoms with E-state index in [1.807, 2.05) is 24.3 Å². The summed E-state index contributed by atoms with van der Waals surface area (Å²) < 4.78 is 43.2. The van der Waals surface area contributed by atoms with Gasteiger partial charge in [-0.1, -0.05) is 37.4 Å². The van der Waals surface area contributed by atoms with Gasteiger partial charge >= 0.3 is 23.9 Å². The zero-order valence-corrected chi connectivity index (χ0v) is 34.2. The second-order valence-corrected chi connectivity index (χ2v) is 13.9. The Hall–Kier alpha value is -6.58. The Balaban J connectivity index is 1.01. The summed E-state index contributed by atoms with van der Waals surface area (Å²) in [6.45, 7) is 8.09. The Kier molecular flexibility index (Phi) is 18.5. The van der Waals surface area contributed by atoms with E-state index in [1.165, 1.54) is 0 Å². The summed E-state index contributed by atoms with van der Waals surface area (Å²) in [5.74, 6) is -0.228. The van der Waals surface area contributed by atoms with Gasteiger partial charge in [-0.15, -0.1) is 0 Å². The summed E-state index contributed by atoms with van der Waals surface area (Å²) in [6, 6.07) is 28.0. The Morgan fingerprint density at radius 2 is 0.855 bits per heavy atom. The number of rotatable bonds is 26. The molecule has 0 aliphatic carbocycles. The molecule has 5 rings (SSSR count). The van der Waals surface area contributed by atoms with E-state index in [1.54, 1.807) is 72.8 Å². The van der Waals surface area contributed by atoms with Crippen LogP contribution in [0.1, 0.15) is 46.4 Å². The van der Waals surface area contributed by atoms with E-state index in [2.05, 4.69) is 13.2 Å². The van der Waals surface area contributed by atoms with E-state index in [0.29, 0.717) is 86.2 Å². The lowest BCUT2D eigenvalue weighted by molar-refractivity contribution is -0.142. The number of hydrogen-bond acceptors (Lipinski definition) is 14. The summed E-state index contributed by atoms with van der Waals surface area (Å²) in [4.78, 5) is 48.0. The highest BCUT2D eigenvalue weighted by Crippen LogP contribution is 2.31. The first kappa shape index (κ1) is 46.5. The largest absolute Gasteiger partial charge is 0.494 e. The fourth-order valence-electron chi connectivity index (χ4n) is 5.86. The maximum absolute atomic E-state index is 13.0. The molecule has 14 nitrogen and oxygen atoms in total. The van der Waals surface area contributed by atoms with Crippen LogP contribution >= 0.6 is 0 Å². The second kappa shape index (κ2) is 24.6. The summed E-state index contributed by atoms with van der Waals surface area (Å²) in [6.07, 6.45) is 3.07. The maximum Gasteiger partial charge on any atom is 0.343 e. The molecule has 62 heavy (non-hydrogen) atoms. The van der Waals surface area contributed by atoms with Crippen LogP contribution < -0.4 is 18.9 Å². The number of carbonyl (C=O) groups excluding carboxylic acids is 4. The number of fused-ring (bicyclic) bond motifs is 3. The number of esters is 4. The molecule has 0 aliphatic heterocycles. The number of aliphatic hydroxyl groups excluding tert-OH is 2. The lowest BCUT2D eigenvalue weighted by Gasteiger charge is -2.11. The van der Waals surface area contributed by atoms with Crippen LogP contribution in [-0.2, 0) is 28.5 Å². The molecule has 0 saturated carbocycles. The van der Waals surface area contributed by atoms with Gasteiger partial charge in [0.15, 0.2) is 0 Å². The Bertz CT molecular complexity index is 2110. The van der Waals surface area contributed by atoms with E-state index in [-0.39, 0.29) is 26.4 Å². The fourth-order valence-corrected chi connectivity index (χ4v) is 5.86. The van der Waals surface area contributed by atoms with Crippen LogP contribution in [0.25, 0.3) is 21.5 Å². The summed E-state index contributed by atoms with van der Waals surface area (Å²) in [5.41, 5.74) is 0.732. The molecule has 0 saturated heterocycles. The van der Waals surface area contributed by atoms with Gasteiger partial charge in [-0.05, 0) is 120 Å². The van der Waals surface area contributed by atoms with Crippen LogP contribution in [-0.4, -0.2) is 99.2 Å². The lowest BCUT2D eigenvalue weighted by atomic mass is 10.0. The molecule has 0 radical (unpaired) electrons. The van der Waals surface area contributed by atoms with Gasteiger partial charge in [-0.25, -0.2) is 19.2 Å². The normalized spacial score (nSPS) is 11.9. The first-order valence-electron chi connectivity index (χ1n) is 20.1. The van der Waals surface area contributed by atoms with Gasteiger partial charge in [0.05, 0.1) is 37.6 Å². The van der Waals surface area contributed by atoms with Gasteiger partial charge in [0.1, 0.15) is 48.4 Å². The van der Waals surface area contributed by atoms with Crippen LogP contribution in [0.2, 0.25) is 0 Å². The molecule has 0 amide bonds. The van der Waals surface area contributed by atoms with Gasteiger partial charge in [0.25, 0.3) is 0 Å². The number of unbranched alkanes of at least 4 members (excludes halogenated alkanes) is 2. The van der Waals surface area contributed by atoms with Crippen molar-refractivity contribution in [2.45, 2.75) is 37.9 Å². The van der Waals surface area contributed by atoms with Gasteiger partial charge < -0.3 is 48.1 Å². The van der Waals surface area contributed by atoms with Gasteiger partial charge in [0, 0.05) is 25.4 Å². The molecule has 2 N–H and O–H groups in total. The molecule has 0 heterocycles. The molecule has 326 valence electrons. The molecule has 0 bridgehead atoms. The van der Waals surface area contributed by atoms with Crippen molar-refractivity contribution >= 4 is 45.4 Å². The smallest absolute Gasteiger partial charge is 0.343 e. The van der Waals surface area contributed by atoms with Crippen molar-refractivity contribution in [3.05, 3.63) is 133 Å². The van der Waals surface area contributed by atoms with Crippen LogP contribution in [0.3, 0.4) is 0 Å². The molecule has 14 heteroatoms. The molecular formula is C48H50O14. The zero-order chi connectivity index (χ0) is 44.1. The minimum Gasteiger partial charge on any atom is -0.494 e. The number of carbonyl (C=O) groups is 4. The third-order valence-corrected chi connectivity index (χ3v) is 9.07. The quantitative estimate of drug-likeness (QED) is 0.0191. The van der Waals surface area contributed by atoms with Crippen LogP contribution in [0, 0.1) is 0 Å². The molecule has 0 spiro atoms. The average Bonchev–Trinajstić information content (AvgIpc) is 3.29. The Morgan fingerprint density at radius 1 is 0.484 bits per heavy atom. The number of ether oxygens (including phenoxy) is 8. The third kappa shape index (κ3) is 15.2. The van der Waals surface area contributed by atoms with Crippen LogP contribution in [0.15, 0.2) is 122 Å². The first-order chi connectivity index (χ1) is 30.1. The maximum atomic E-state index is 13.0. The molecule has 0 fully saturated rings. The highest BCUT2D eigenvalue weighted by Gasteiger charge is 2.14. The third-order valence-electron chi connectivity index (χ3n) is 9.07. The van der Waals surface area contributed by atoms with Crippen molar-refractivity contribution in [1.29, 1.82) is 0 Å². The lowest BCUT2D eigenvalue weighted by Crippen LogP contribution is -2.23. The summed E-state index contributed by atoms with van der Waals surface area (Å²) in [7, 11) is 0. The number of benzene rings is 5. The van der Waals surface area contributed by atoms with Gasteiger partial charge in [-0.3, -0.25) is 0 Å². The van der Waals surface area contributed by atoms with E-state index >= 15 is 0 Å². The topological polar surface area (TPSA) is 183 Å². The van der Waals surface area contributed by atoms with Crippen molar-refractivity contribution < 1.29 is 67.3 Å². The standard InChI is InChI=1S/C48H50O14/c1-3-45(51)59-31-37(49)29-55-23-5-7-25-57-39-15-11-33(12-16-39)47(53)61-41-19-21-43-35(27-41)9-10-36-28-42(20-22-44(36)43)62-48(54)34-13-17-40(18-14-34)58-26-8-6-24-56-30-38(50)32-60-46(52)4-2/h3-4,9-22,27-28,37-38,49-50H,1-2,5-8,23-26,29-32H2. The van der Waals surface area contributed by atoms with Crippen molar-refractivity contribution in [3.63, 3.8) is 0 Å². The van der Waals surface area contributed by atoms with Gasteiger partial charge in [0.2, 0.25) is 0 Å². The molecule has 2 atom stereocenters. The molecular weight excluding hydrogens is 801 g/mol. The predicted octanol–water partition coefficient (Wildman–Crippen LogP) is 6.96. The van der Waals surface area contributed by atoms with E-state index in [0.717, 1.165) is 33.7 Å². The first-order valence-corrected chi connectivity index (χ1v) is 20.1. The van der Waals surface area contributed by atoms with Gasteiger partial charge in [-0.2, -0.15) is 0 Å². The molecule has 2 unspecified atom stereocenters. The Morgan fingerprint density at radius 3 is 1.24 bits per heavy atom. The Labute approximate surface area is 359 Å². The van der Waals surface area contributed by atoms with Crippen molar-refractivity contribution in [2.24, 2.45) is 0 Å². The van der Waals surface area contributed by atoms with Crippen molar-refractivity contribution in [2.75, 3.05) is 52.9 Å². The highest BCUT2D eigenvalue weighted by atomic mass is 16.6. The van der Waals surface area contributed by atoms with E-state index < -0.39 is 36.1 Å². The van der Waals surface area contributed by atoms with Crippen LogP contribution in [0.5, 0.6) is 23.0 Å². The van der Waals surface area contributed by atoms with E-state index in [9.17, 15) is 29.4 Å². The zero-order valence-electron chi connectivity index (χ0n) is 34.2. The summed E-state index contributed by atoms with van der Waals surface area (Å²) in [5, 5.41) is 23.1. The van der Waals surface area contributed by atoms with E-state index in [4.69, 9.17) is 37.9 Å².